The van der Waals surface area contributed by atoms with Gasteiger partial charge in [-0.3, -0.25) is 0 Å². The molecule has 2 aromatic heterocycles. The lowest BCUT2D eigenvalue weighted by atomic mass is 9.94. The second kappa shape index (κ2) is 10.4. The fourth-order valence-corrected chi connectivity index (χ4v) is 8.52. The van der Waals surface area contributed by atoms with Crippen LogP contribution < -0.4 is 0 Å². The summed E-state index contributed by atoms with van der Waals surface area (Å²) in [4.78, 5) is 0. The van der Waals surface area contributed by atoms with Crippen LogP contribution in [-0.4, -0.2) is 9.13 Å². The highest BCUT2D eigenvalue weighted by atomic mass is 15.0. The van der Waals surface area contributed by atoms with Crippen molar-refractivity contribution in [1.82, 2.24) is 9.13 Å². The molecule has 0 radical (unpaired) electrons. The maximum Gasteiger partial charge on any atom is 0.0641 e. The Morgan fingerprint density at radius 3 is 1.42 bits per heavy atom. The van der Waals surface area contributed by atoms with Gasteiger partial charge in [-0.05, 0) is 85.9 Å². The predicted molar refractivity (Wildman–Crippen MR) is 213 cm³/mol. The van der Waals surface area contributed by atoms with Crippen molar-refractivity contribution in [1.29, 1.82) is 0 Å². The summed E-state index contributed by atoms with van der Waals surface area (Å²) in [5.74, 6) is 0. The van der Waals surface area contributed by atoms with Crippen LogP contribution in [0.15, 0.2) is 182 Å². The third kappa shape index (κ3) is 3.79. The van der Waals surface area contributed by atoms with Gasteiger partial charge in [0.2, 0.25) is 0 Å². The van der Waals surface area contributed by atoms with E-state index < -0.39 is 0 Å². The van der Waals surface area contributed by atoms with E-state index in [4.69, 9.17) is 0 Å². The average Bonchev–Trinajstić information content (AvgIpc) is 3.71. The van der Waals surface area contributed by atoms with Crippen LogP contribution in [0.25, 0.3) is 98.4 Å². The van der Waals surface area contributed by atoms with Gasteiger partial charge in [0.05, 0.1) is 22.1 Å². The molecule has 0 aliphatic carbocycles. The van der Waals surface area contributed by atoms with Crippen LogP contribution in [0.3, 0.4) is 0 Å². The van der Waals surface area contributed by atoms with Crippen molar-refractivity contribution in [2.45, 2.75) is 0 Å². The van der Waals surface area contributed by atoms with E-state index in [1.807, 2.05) is 0 Å². The zero-order valence-corrected chi connectivity index (χ0v) is 27.2. The van der Waals surface area contributed by atoms with Crippen molar-refractivity contribution in [3.63, 3.8) is 0 Å². The van der Waals surface area contributed by atoms with E-state index in [9.17, 15) is 0 Å². The zero-order chi connectivity index (χ0) is 32.8. The highest BCUT2D eigenvalue weighted by Gasteiger charge is 2.21. The maximum absolute atomic E-state index is 2.51. The van der Waals surface area contributed by atoms with E-state index >= 15 is 0 Å². The molecule has 0 atom stereocenters. The van der Waals surface area contributed by atoms with Gasteiger partial charge in [0, 0.05) is 32.9 Å². The molecule has 11 rings (SSSR count). The molecule has 0 fully saturated rings. The summed E-state index contributed by atoms with van der Waals surface area (Å²) in [6, 6.07) is 66.7. The Morgan fingerprint density at radius 2 is 0.740 bits per heavy atom. The van der Waals surface area contributed by atoms with E-state index in [0.717, 1.165) is 5.69 Å². The summed E-state index contributed by atoms with van der Waals surface area (Å²) in [6.45, 7) is 0. The van der Waals surface area contributed by atoms with Gasteiger partial charge in [-0.25, -0.2) is 0 Å². The molecule has 0 bridgehead atoms. The SMILES string of the molecule is c1ccc(-c2ccc(-n3c4ccccc4c4c3ccc3c5ccccc5n(-c5ccc6c7ccccc7c7ccccc7c6c5)c34)cc2)cc1. The molecule has 0 aliphatic rings. The van der Waals surface area contributed by atoms with Crippen LogP contribution in [0.5, 0.6) is 0 Å². The molecule has 2 heterocycles. The summed E-state index contributed by atoms with van der Waals surface area (Å²) < 4.78 is 4.94. The lowest BCUT2D eigenvalue weighted by Gasteiger charge is -2.14. The standard InChI is InChI=1S/C48H30N2/c1-2-12-31(13-3-1)32-22-24-33(25-23-32)49-45-21-11-9-19-42(45)47-46(49)29-28-41-40-18-8-10-20-44(40)50(48(41)47)34-26-27-39-37-16-5-4-14-35(37)36-15-6-7-17-38(36)43(39)30-34/h1-30H. The monoisotopic (exact) mass is 634 g/mol. The first-order valence-corrected chi connectivity index (χ1v) is 17.3. The topological polar surface area (TPSA) is 9.86 Å². The van der Waals surface area contributed by atoms with Crippen LogP contribution in [0.4, 0.5) is 0 Å². The van der Waals surface area contributed by atoms with E-state index in [2.05, 4.69) is 191 Å². The first kappa shape index (κ1) is 27.3. The minimum absolute atomic E-state index is 1.15. The molecule has 50 heavy (non-hydrogen) atoms. The third-order valence-electron chi connectivity index (χ3n) is 10.7. The van der Waals surface area contributed by atoms with Gasteiger partial charge in [0.15, 0.2) is 0 Å². The van der Waals surface area contributed by atoms with Gasteiger partial charge in [-0.1, -0.05) is 140 Å². The van der Waals surface area contributed by atoms with E-state index in [1.165, 1.54) is 92.7 Å². The number of hydrogen-bond donors (Lipinski definition) is 0. The molecular weight excluding hydrogens is 605 g/mol. The summed E-state index contributed by atoms with van der Waals surface area (Å²) in [7, 11) is 0. The van der Waals surface area contributed by atoms with Crippen LogP contribution >= 0.6 is 0 Å². The largest absolute Gasteiger partial charge is 0.309 e. The molecule has 9 aromatic carbocycles. The highest BCUT2D eigenvalue weighted by Crippen LogP contribution is 2.43. The van der Waals surface area contributed by atoms with Crippen molar-refractivity contribution in [3.8, 4) is 22.5 Å². The van der Waals surface area contributed by atoms with Gasteiger partial charge >= 0.3 is 0 Å². The van der Waals surface area contributed by atoms with Gasteiger partial charge in [0.1, 0.15) is 0 Å². The number of rotatable bonds is 3. The second-order valence-electron chi connectivity index (χ2n) is 13.3. The Labute approximate surface area is 288 Å². The van der Waals surface area contributed by atoms with Crippen molar-refractivity contribution < 1.29 is 0 Å². The number of benzene rings is 9. The van der Waals surface area contributed by atoms with Crippen LogP contribution in [0.1, 0.15) is 0 Å². The van der Waals surface area contributed by atoms with E-state index in [0.29, 0.717) is 0 Å². The molecule has 0 unspecified atom stereocenters. The summed E-state index contributed by atoms with van der Waals surface area (Å²) >= 11 is 0. The second-order valence-corrected chi connectivity index (χ2v) is 13.3. The third-order valence-corrected chi connectivity index (χ3v) is 10.7. The predicted octanol–water partition coefficient (Wildman–Crippen LogP) is 13.0. The molecule has 11 aromatic rings. The Balaban J connectivity index is 1.24. The van der Waals surface area contributed by atoms with E-state index in [-0.39, 0.29) is 0 Å². The molecule has 0 saturated carbocycles. The van der Waals surface area contributed by atoms with Crippen LogP contribution in [0, 0.1) is 0 Å². The summed E-state index contributed by atoms with van der Waals surface area (Å²) in [6.07, 6.45) is 0. The zero-order valence-electron chi connectivity index (χ0n) is 27.2. The molecule has 0 N–H and O–H groups in total. The van der Waals surface area contributed by atoms with Gasteiger partial charge < -0.3 is 9.13 Å². The lowest BCUT2D eigenvalue weighted by Crippen LogP contribution is -1.96. The minimum atomic E-state index is 1.15. The lowest BCUT2D eigenvalue weighted by molar-refractivity contribution is 1.18. The number of nitrogens with zero attached hydrogens (tertiary/aromatic N) is 2. The van der Waals surface area contributed by atoms with Crippen molar-refractivity contribution in [2.75, 3.05) is 0 Å². The smallest absolute Gasteiger partial charge is 0.0641 e. The molecule has 0 amide bonds. The van der Waals surface area contributed by atoms with Gasteiger partial charge in [0.25, 0.3) is 0 Å². The number of hydrogen-bond acceptors (Lipinski definition) is 0. The first-order chi connectivity index (χ1) is 24.8. The van der Waals surface area contributed by atoms with Gasteiger partial charge in [-0.2, -0.15) is 0 Å². The van der Waals surface area contributed by atoms with Crippen LogP contribution in [0.2, 0.25) is 0 Å². The Bertz CT molecular complexity index is 3090. The molecule has 0 aliphatic heterocycles. The maximum atomic E-state index is 2.51. The normalized spacial score (nSPS) is 12.0. The van der Waals surface area contributed by atoms with Crippen LogP contribution in [-0.2, 0) is 0 Å². The van der Waals surface area contributed by atoms with Gasteiger partial charge in [-0.15, -0.1) is 0 Å². The fraction of sp³-hybridized carbons (Fsp3) is 0. The Kier molecular flexibility index (Phi) is 5.70. The molecule has 2 heteroatoms. The highest BCUT2D eigenvalue weighted by molar-refractivity contribution is 6.28. The number of fused-ring (bicyclic) bond motifs is 13. The van der Waals surface area contributed by atoms with Crippen molar-refractivity contribution >= 4 is 75.9 Å². The summed E-state index contributed by atoms with van der Waals surface area (Å²) in [5.41, 5.74) is 9.62. The summed E-state index contributed by atoms with van der Waals surface area (Å²) in [5, 5.41) is 12.8. The molecule has 232 valence electrons. The van der Waals surface area contributed by atoms with Crippen molar-refractivity contribution in [2.24, 2.45) is 0 Å². The fourth-order valence-electron chi connectivity index (χ4n) is 8.52. The Hall–Kier alpha value is -6.64. The van der Waals surface area contributed by atoms with E-state index in [1.54, 1.807) is 0 Å². The molecular formula is C48H30N2. The molecule has 0 saturated heterocycles. The Morgan fingerprint density at radius 1 is 0.260 bits per heavy atom. The quantitative estimate of drug-likeness (QED) is 0.171. The minimum Gasteiger partial charge on any atom is -0.309 e. The average molecular weight is 635 g/mol. The first-order valence-electron chi connectivity index (χ1n) is 17.3. The molecule has 0 spiro atoms. The molecule has 2 nitrogen and oxygen atoms in total. The van der Waals surface area contributed by atoms with Crippen molar-refractivity contribution in [3.05, 3.63) is 182 Å². The number of para-hydroxylation sites is 2. The number of aromatic nitrogens is 2.